The molecule has 3 aromatic rings. The summed E-state index contributed by atoms with van der Waals surface area (Å²) in [5, 5.41) is 13.6. The molecular formula is C13H9BrClN3OS. The van der Waals surface area contributed by atoms with Crippen molar-refractivity contribution in [3.8, 4) is 5.75 Å². The van der Waals surface area contributed by atoms with E-state index in [2.05, 4.69) is 30.0 Å². The summed E-state index contributed by atoms with van der Waals surface area (Å²) in [6, 6.07) is 8.91. The van der Waals surface area contributed by atoms with E-state index >= 15 is 0 Å². The van der Waals surface area contributed by atoms with Gasteiger partial charge in [0.2, 0.25) is 0 Å². The average molecular weight is 371 g/mol. The minimum Gasteiger partial charge on any atom is -0.508 e. The van der Waals surface area contributed by atoms with E-state index in [1.54, 1.807) is 18.2 Å². The van der Waals surface area contributed by atoms with Gasteiger partial charge < -0.3 is 10.4 Å². The van der Waals surface area contributed by atoms with Crippen molar-refractivity contribution in [2.24, 2.45) is 0 Å². The third kappa shape index (κ3) is 2.59. The average Bonchev–Trinajstić information content (AvgIpc) is 2.90. The second kappa shape index (κ2) is 5.55. The number of aromatic hydroxyl groups is 1. The Morgan fingerprint density at radius 2 is 2.10 bits per heavy atom. The van der Waals surface area contributed by atoms with Crippen LogP contribution >= 0.6 is 39.3 Å². The van der Waals surface area contributed by atoms with Crippen LogP contribution in [-0.4, -0.2) is 13.9 Å². The first-order chi connectivity index (χ1) is 9.65. The monoisotopic (exact) mass is 369 g/mol. The van der Waals surface area contributed by atoms with E-state index < -0.39 is 0 Å². The van der Waals surface area contributed by atoms with Crippen LogP contribution in [-0.2, 0) is 6.54 Å². The van der Waals surface area contributed by atoms with Gasteiger partial charge in [0.15, 0.2) is 0 Å². The molecule has 0 atom stereocenters. The molecule has 2 N–H and O–H groups in total. The van der Waals surface area contributed by atoms with Crippen molar-refractivity contribution in [1.29, 1.82) is 0 Å². The molecule has 1 aromatic heterocycles. The topological polar surface area (TPSA) is 58.0 Å². The largest absolute Gasteiger partial charge is 0.508 e. The van der Waals surface area contributed by atoms with Crippen molar-refractivity contribution in [1.82, 2.24) is 8.75 Å². The minimum absolute atomic E-state index is 0.236. The lowest BCUT2D eigenvalue weighted by Crippen LogP contribution is -2.01. The molecule has 0 radical (unpaired) electrons. The van der Waals surface area contributed by atoms with E-state index in [9.17, 15) is 5.11 Å². The summed E-state index contributed by atoms with van der Waals surface area (Å²) in [4.78, 5) is 0. The summed E-state index contributed by atoms with van der Waals surface area (Å²) >= 11 is 10.7. The molecule has 2 aromatic carbocycles. The maximum absolute atomic E-state index is 9.84. The van der Waals surface area contributed by atoms with Crippen molar-refractivity contribution in [3.05, 3.63) is 45.4 Å². The minimum atomic E-state index is 0.236. The number of halogens is 2. The quantitative estimate of drug-likeness (QED) is 0.716. The molecule has 0 aliphatic rings. The van der Waals surface area contributed by atoms with Crippen molar-refractivity contribution >= 4 is 56.0 Å². The van der Waals surface area contributed by atoms with Gasteiger partial charge in [0.1, 0.15) is 16.8 Å². The fourth-order valence-corrected chi connectivity index (χ4v) is 3.04. The second-order valence-electron chi connectivity index (χ2n) is 4.18. The van der Waals surface area contributed by atoms with Gasteiger partial charge in [-0.25, -0.2) is 0 Å². The van der Waals surface area contributed by atoms with Gasteiger partial charge in [-0.1, -0.05) is 27.5 Å². The highest BCUT2D eigenvalue weighted by Gasteiger charge is 2.10. The van der Waals surface area contributed by atoms with E-state index in [4.69, 9.17) is 11.6 Å². The number of anilines is 1. The van der Waals surface area contributed by atoms with Crippen LogP contribution in [0.1, 0.15) is 5.56 Å². The van der Waals surface area contributed by atoms with Gasteiger partial charge in [-0.15, -0.1) is 0 Å². The van der Waals surface area contributed by atoms with Crippen LogP contribution in [0.15, 0.2) is 34.8 Å². The lowest BCUT2D eigenvalue weighted by Gasteiger charge is -2.10. The Morgan fingerprint density at radius 3 is 2.95 bits per heavy atom. The molecule has 1 heterocycles. The molecule has 0 unspecified atom stereocenters. The van der Waals surface area contributed by atoms with E-state index in [1.165, 1.54) is 0 Å². The molecule has 20 heavy (non-hydrogen) atoms. The zero-order valence-corrected chi connectivity index (χ0v) is 13.3. The molecule has 0 aliphatic carbocycles. The number of hydrogen-bond donors (Lipinski definition) is 2. The van der Waals surface area contributed by atoms with Gasteiger partial charge in [0.25, 0.3) is 0 Å². The van der Waals surface area contributed by atoms with Gasteiger partial charge in [-0.3, -0.25) is 0 Å². The highest BCUT2D eigenvalue weighted by molar-refractivity contribution is 9.10. The van der Waals surface area contributed by atoms with Crippen molar-refractivity contribution < 1.29 is 5.11 Å². The Hall–Kier alpha value is -1.37. The van der Waals surface area contributed by atoms with Crippen LogP contribution in [0.25, 0.3) is 11.0 Å². The summed E-state index contributed by atoms with van der Waals surface area (Å²) in [7, 11) is 0. The summed E-state index contributed by atoms with van der Waals surface area (Å²) in [5.41, 5.74) is 3.06. The number of fused-ring (bicyclic) bond motifs is 1. The number of nitrogens with zero attached hydrogens (tertiary/aromatic N) is 2. The number of phenolic OH excluding ortho intramolecular Hbond substituents is 1. The molecule has 0 saturated carbocycles. The number of nitrogens with one attached hydrogen (secondary N) is 1. The Balaban J connectivity index is 1.92. The molecule has 0 fully saturated rings. The zero-order valence-electron chi connectivity index (χ0n) is 10.1. The number of rotatable bonds is 3. The number of phenols is 1. The highest BCUT2D eigenvalue weighted by atomic mass is 79.9. The van der Waals surface area contributed by atoms with Crippen LogP contribution in [0.5, 0.6) is 5.75 Å². The lowest BCUT2D eigenvalue weighted by molar-refractivity contribution is 0.469. The predicted octanol–water partition coefficient (Wildman–Crippen LogP) is 4.42. The maximum atomic E-state index is 9.84. The molecule has 0 amide bonds. The summed E-state index contributed by atoms with van der Waals surface area (Å²) in [6.45, 7) is 0.446. The maximum Gasteiger partial charge on any atom is 0.129 e. The Kier molecular flexibility index (Phi) is 3.78. The lowest BCUT2D eigenvalue weighted by atomic mass is 10.2. The molecule has 0 bridgehead atoms. The summed E-state index contributed by atoms with van der Waals surface area (Å²) < 4.78 is 9.33. The summed E-state index contributed by atoms with van der Waals surface area (Å²) in [6.07, 6.45) is 0. The Labute approximate surface area is 132 Å². The van der Waals surface area contributed by atoms with Gasteiger partial charge in [-0.2, -0.15) is 8.75 Å². The third-order valence-electron chi connectivity index (χ3n) is 2.87. The van der Waals surface area contributed by atoms with Crippen LogP contribution in [0, 0.1) is 0 Å². The standard InChI is InChI=1S/C13H9BrClN3OS/c14-8-1-4-11(19)7(5-8)6-16-12-9(15)2-3-10-13(12)18-20-17-10/h1-5,16,19H,6H2. The predicted molar refractivity (Wildman–Crippen MR) is 85.6 cm³/mol. The van der Waals surface area contributed by atoms with Crippen molar-refractivity contribution in [2.75, 3.05) is 5.32 Å². The molecule has 3 rings (SSSR count). The van der Waals surface area contributed by atoms with Gasteiger partial charge in [-0.05, 0) is 30.3 Å². The number of aromatic nitrogens is 2. The number of hydrogen-bond acceptors (Lipinski definition) is 5. The van der Waals surface area contributed by atoms with Gasteiger partial charge in [0.05, 0.1) is 22.4 Å². The van der Waals surface area contributed by atoms with E-state index in [0.29, 0.717) is 11.6 Å². The first-order valence-electron chi connectivity index (χ1n) is 5.77. The zero-order chi connectivity index (χ0) is 14.1. The Bertz CT molecular complexity index is 777. The van der Waals surface area contributed by atoms with E-state index in [0.717, 1.165) is 38.5 Å². The van der Waals surface area contributed by atoms with Gasteiger partial charge in [0, 0.05) is 16.6 Å². The van der Waals surface area contributed by atoms with Crippen molar-refractivity contribution in [3.63, 3.8) is 0 Å². The first-order valence-corrected chi connectivity index (χ1v) is 7.67. The van der Waals surface area contributed by atoms with E-state index in [-0.39, 0.29) is 5.75 Å². The number of benzene rings is 2. The Morgan fingerprint density at radius 1 is 1.25 bits per heavy atom. The van der Waals surface area contributed by atoms with E-state index in [1.807, 2.05) is 12.1 Å². The second-order valence-corrected chi connectivity index (χ2v) is 6.03. The first kappa shape index (κ1) is 13.6. The van der Waals surface area contributed by atoms with Crippen LogP contribution in [0.3, 0.4) is 0 Å². The molecule has 0 aliphatic heterocycles. The molecule has 7 heteroatoms. The molecule has 0 spiro atoms. The van der Waals surface area contributed by atoms with Crippen LogP contribution in [0.4, 0.5) is 5.69 Å². The van der Waals surface area contributed by atoms with Crippen molar-refractivity contribution in [2.45, 2.75) is 6.54 Å². The normalized spacial score (nSPS) is 10.9. The molecule has 102 valence electrons. The SMILES string of the molecule is Oc1ccc(Br)cc1CNc1c(Cl)ccc2nsnc12. The third-order valence-corrected chi connectivity index (χ3v) is 4.23. The van der Waals surface area contributed by atoms with Gasteiger partial charge >= 0.3 is 0 Å². The molecule has 4 nitrogen and oxygen atoms in total. The fraction of sp³-hybridized carbons (Fsp3) is 0.0769. The smallest absolute Gasteiger partial charge is 0.129 e. The van der Waals surface area contributed by atoms with Crippen LogP contribution in [0.2, 0.25) is 5.02 Å². The molecular weight excluding hydrogens is 362 g/mol. The highest BCUT2D eigenvalue weighted by Crippen LogP contribution is 2.31. The fourth-order valence-electron chi connectivity index (χ4n) is 1.87. The summed E-state index contributed by atoms with van der Waals surface area (Å²) in [5.74, 6) is 0.236. The molecule has 0 saturated heterocycles. The van der Waals surface area contributed by atoms with Crippen LogP contribution < -0.4 is 5.32 Å².